The Labute approximate surface area is 108 Å². The van der Waals surface area contributed by atoms with Gasteiger partial charge in [-0.25, -0.2) is 9.37 Å². The minimum atomic E-state index is -0.521. The first kappa shape index (κ1) is 12.7. The molecule has 0 bridgehead atoms. The van der Waals surface area contributed by atoms with E-state index in [-0.39, 0.29) is 5.88 Å². The Morgan fingerprint density at radius 3 is 3.00 bits per heavy atom. The normalized spacial score (nSPS) is 10.4. The highest BCUT2D eigenvalue weighted by atomic mass is 32.1. The van der Waals surface area contributed by atoms with Crippen molar-refractivity contribution < 1.29 is 9.13 Å². The van der Waals surface area contributed by atoms with Gasteiger partial charge in [0.25, 0.3) is 5.88 Å². The summed E-state index contributed by atoms with van der Waals surface area (Å²) >= 11 is 1.04. The van der Waals surface area contributed by atoms with Gasteiger partial charge in [0.1, 0.15) is 5.69 Å². The Morgan fingerprint density at radius 1 is 1.44 bits per heavy atom. The second kappa shape index (κ2) is 5.72. The largest absolute Gasteiger partial charge is 0.479 e. The van der Waals surface area contributed by atoms with Crippen LogP contribution in [0, 0.1) is 5.82 Å². The second-order valence-electron chi connectivity index (χ2n) is 3.57. The number of hydrogen-bond donors (Lipinski definition) is 1. The summed E-state index contributed by atoms with van der Waals surface area (Å²) in [6.07, 6.45) is 2.44. The van der Waals surface area contributed by atoms with Crippen LogP contribution in [0.25, 0.3) is 11.3 Å². The third kappa shape index (κ3) is 2.40. The Balaban J connectivity index is 2.39. The average molecular weight is 268 g/mol. The SMILES string of the molecule is CCCNc1nsnc1-c1ccnc(OC)c1F. The standard InChI is InChI=1S/C11H13FN4OS/c1-3-5-13-10-9(15-18-16-10)7-4-6-14-11(17-2)8(7)12/h4,6H,3,5H2,1-2H3,(H,13,16). The van der Waals surface area contributed by atoms with Crippen LogP contribution in [-0.2, 0) is 0 Å². The number of ether oxygens (including phenoxy) is 1. The first-order chi connectivity index (χ1) is 8.77. The van der Waals surface area contributed by atoms with Crippen LogP contribution in [-0.4, -0.2) is 27.4 Å². The summed E-state index contributed by atoms with van der Waals surface area (Å²) in [5.41, 5.74) is 0.834. The first-order valence-corrected chi connectivity index (χ1v) is 6.26. The topological polar surface area (TPSA) is 59.9 Å². The average Bonchev–Trinajstić information content (AvgIpc) is 2.84. The molecule has 7 heteroatoms. The third-order valence-electron chi connectivity index (χ3n) is 2.34. The molecule has 0 saturated heterocycles. The molecule has 0 saturated carbocycles. The van der Waals surface area contributed by atoms with Crippen molar-refractivity contribution in [2.24, 2.45) is 0 Å². The maximum atomic E-state index is 14.1. The molecule has 0 atom stereocenters. The van der Waals surface area contributed by atoms with E-state index < -0.39 is 5.82 Å². The van der Waals surface area contributed by atoms with Gasteiger partial charge in [-0.1, -0.05) is 6.92 Å². The molecule has 96 valence electrons. The van der Waals surface area contributed by atoms with Gasteiger partial charge in [0.2, 0.25) is 0 Å². The minimum absolute atomic E-state index is 0.0399. The second-order valence-corrected chi connectivity index (χ2v) is 4.10. The van der Waals surface area contributed by atoms with E-state index in [0.29, 0.717) is 17.1 Å². The van der Waals surface area contributed by atoms with E-state index in [1.807, 2.05) is 6.92 Å². The molecule has 2 heterocycles. The summed E-state index contributed by atoms with van der Waals surface area (Å²) in [5.74, 6) is 0.0307. The van der Waals surface area contributed by atoms with Crippen molar-refractivity contribution in [3.05, 3.63) is 18.1 Å². The van der Waals surface area contributed by atoms with Gasteiger partial charge >= 0.3 is 0 Å². The van der Waals surface area contributed by atoms with Crippen LogP contribution in [0.5, 0.6) is 5.88 Å². The number of halogens is 1. The molecule has 0 radical (unpaired) electrons. The molecule has 0 spiro atoms. The third-order valence-corrected chi connectivity index (χ3v) is 2.87. The van der Waals surface area contributed by atoms with Crippen LogP contribution >= 0.6 is 11.7 Å². The van der Waals surface area contributed by atoms with E-state index in [1.54, 1.807) is 6.07 Å². The zero-order chi connectivity index (χ0) is 13.0. The Kier molecular flexibility index (Phi) is 4.03. The van der Waals surface area contributed by atoms with E-state index in [1.165, 1.54) is 13.3 Å². The van der Waals surface area contributed by atoms with Crippen LogP contribution < -0.4 is 10.1 Å². The molecule has 0 aliphatic heterocycles. The Bertz CT molecular complexity index is 532. The van der Waals surface area contributed by atoms with Gasteiger partial charge in [-0.3, -0.25) is 0 Å². The lowest BCUT2D eigenvalue weighted by Crippen LogP contribution is -2.02. The van der Waals surface area contributed by atoms with Gasteiger partial charge in [-0.05, 0) is 12.5 Å². The number of pyridine rings is 1. The number of nitrogens with zero attached hydrogens (tertiary/aromatic N) is 3. The van der Waals surface area contributed by atoms with Gasteiger partial charge in [0.15, 0.2) is 11.6 Å². The zero-order valence-electron chi connectivity index (χ0n) is 10.1. The highest BCUT2D eigenvalue weighted by molar-refractivity contribution is 6.99. The lowest BCUT2D eigenvalue weighted by atomic mass is 10.2. The van der Waals surface area contributed by atoms with Crippen molar-refractivity contribution >= 4 is 17.5 Å². The van der Waals surface area contributed by atoms with E-state index >= 15 is 0 Å². The van der Waals surface area contributed by atoms with Gasteiger partial charge in [0, 0.05) is 18.3 Å². The van der Waals surface area contributed by atoms with E-state index in [9.17, 15) is 4.39 Å². The van der Waals surface area contributed by atoms with Crippen LogP contribution in [0.4, 0.5) is 10.2 Å². The van der Waals surface area contributed by atoms with Crippen molar-refractivity contribution in [1.29, 1.82) is 0 Å². The Hall–Kier alpha value is -1.76. The number of aromatic nitrogens is 3. The highest BCUT2D eigenvalue weighted by Gasteiger charge is 2.17. The number of nitrogens with one attached hydrogen (secondary N) is 1. The van der Waals surface area contributed by atoms with Crippen molar-refractivity contribution in [2.45, 2.75) is 13.3 Å². The van der Waals surface area contributed by atoms with Gasteiger partial charge in [0.05, 0.1) is 18.8 Å². The van der Waals surface area contributed by atoms with Crippen LogP contribution in [0.3, 0.4) is 0 Å². The molecule has 2 aromatic rings. The maximum absolute atomic E-state index is 14.1. The summed E-state index contributed by atoms with van der Waals surface area (Å²) in [6, 6.07) is 1.56. The maximum Gasteiger partial charge on any atom is 0.250 e. The number of methoxy groups -OCH3 is 1. The van der Waals surface area contributed by atoms with Crippen molar-refractivity contribution in [2.75, 3.05) is 19.0 Å². The zero-order valence-corrected chi connectivity index (χ0v) is 10.9. The molecule has 18 heavy (non-hydrogen) atoms. The van der Waals surface area contributed by atoms with E-state index in [4.69, 9.17) is 4.74 Å². The van der Waals surface area contributed by atoms with E-state index in [0.717, 1.165) is 24.7 Å². The Morgan fingerprint density at radius 2 is 2.28 bits per heavy atom. The summed E-state index contributed by atoms with van der Waals surface area (Å²) in [7, 11) is 1.38. The van der Waals surface area contributed by atoms with Crippen LogP contribution in [0.15, 0.2) is 12.3 Å². The monoisotopic (exact) mass is 268 g/mol. The van der Waals surface area contributed by atoms with Crippen molar-refractivity contribution in [3.63, 3.8) is 0 Å². The van der Waals surface area contributed by atoms with E-state index in [2.05, 4.69) is 19.0 Å². The molecule has 2 rings (SSSR count). The molecule has 0 aromatic carbocycles. The predicted octanol–water partition coefficient (Wildman–Crippen LogP) is 2.57. The lowest BCUT2D eigenvalue weighted by Gasteiger charge is -2.06. The fourth-order valence-corrected chi connectivity index (χ4v) is 2.01. The van der Waals surface area contributed by atoms with Crippen molar-refractivity contribution in [3.8, 4) is 17.1 Å². The van der Waals surface area contributed by atoms with Crippen LogP contribution in [0.1, 0.15) is 13.3 Å². The highest BCUT2D eigenvalue weighted by Crippen LogP contribution is 2.30. The number of rotatable bonds is 5. The summed E-state index contributed by atoms with van der Waals surface area (Å²) in [6.45, 7) is 2.81. The smallest absolute Gasteiger partial charge is 0.250 e. The molecule has 0 aliphatic carbocycles. The van der Waals surface area contributed by atoms with Gasteiger partial charge in [-0.15, -0.1) is 0 Å². The fourth-order valence-electron chi connectivity index (χ4n) is 1.47. The quantitative estimate of drug-likeness (QED) is 0.903. The molecule has 1 N–H and O–H groups in total. The fraction of sp³-hybridized carbons (Fsp3) is 0.364. The molecule has 5 nitrogen and oxygen atoms in total. The lowest BCUT2D eigenvalue weighted by molar-refractivity contribution is 0.370. The van der Waals surface area contributed by atoms with Gasteiger partial charge in [-0.2, -0.15) is 8.75 Å². The van der Waals surface area contributed by atoms with Crippen LogP contribution in [0.2, 0.25) is 0 Å². The number of hydrogen-bond acceptors (Lipinski definition) is 6. The number of anilines is 1. The summed E-state index contributed by atoms with van der Waals surface area (Å²) in [4.78, 5) is 3.80. The molecular weight excluding hydrogens is 255 g/mol. The molecular formula is C11H13FN4OS. The molecule has 0 fully saturated rings. The van der Waals surface area contributed by atoms with Crippen molar-refractivity contribution in [1.82, 2.24) is 13.7 Å². The predicted molar refractivity (Wildman–Crippen MR) is 68.4 cm³/mol. The molecule has 0 aliphatic rings. The molecule has 0 amide bonds. The first-order valence-electron chi connectivity index (χ1n) is 5.53. The summed E-state index contributed by atoms with van der Waals surface area (Å²) in [5, 5.41) is 3.12. The minimum Gasteiger partial charge on any atom is -0.479 e. The summed E-state index contributed by atoms with van der Waals surface area (Å²) < 4.78 is 27.2. The molecule has 2 aromatic heterocycles. The van der Waals surface area contributed by atoms with Gasteiger partial charge < -0.3 is 10.1 Å². The molecule has 0 unspecified atom stereocenters.